The number of unbranched alkanes of at least 4 members (excludes halogenated alkanes) is 36. The van der Waals surface area contributed by atoms with Crippen molar-refractivity contribution in [1.82, 2.24) is 0 Å². The van der Waals surface area contributed by atoms with Crippen LogP contribution in [0.25, 0.3) is 0 Å². The van der Waals surface area contributed by atoms with Gasteiger partial charge in [0.15, 0.2) is 6.10 Å². The Morgan fingerprint density at radius 2 is 0.520 bits per heavy atom. The number of carbonyl (C=O) groups excluding carboxylic acids is 3. The molecule has 0 aromatic carbocycles. The van der Waals surface area contributed by atoms with Crippen LogP contribution in [0.5, 0.6) is 0 Å². The first-order chi connectivity index (χ1) is 37.0. The van der Waals surface area contributed by atoms with E-state index in [1.807, 2.05) is 6.08 Å². The van der Waals surface area contributed by atoms with E-state index in [4.69, 9.17) is 14.2 Å². The van der Waals surface area contributed by atoms with E-state index in [-0.39, 0.29) is 37.5 Å². The van der Waals surface area contributed by atoms with Crippen LogP contribution in [-0.4, -0.2) is 37.2 Å². The molecule has 0 radical (unpaired) electrons. The van der Waals surface area contributed by atoms with Crippen molar-refractivity contribution < 1.29 is 28.6 Å². The summed E-state index contributed by atoms with van der Waals surface area (Å²) in [7, 11) is 0. The number of hydrogen-bond donors (Lipinski definition) is 0. The number of allylic oxidation sites excluding steroid dienone is 12. The minimum Gasteiger partial charge on any atom is -0.462 e. The smallest absolute Gasteiger partial charge is 0.306 e. The zero-order chi connectivity index (χ0) is 54.3. The molecule has 0 saturated heterocycles. The summed E-state index contributed by atoms with van der Waals surface area (Å²) < 4.78 is 16.8. The summed E-state index contributed by atoms with van der Waals surface area (Å²) in [6.45, 7) is 6.47. The highest BCUT2D eigenvalue weighted by atomic mass is 16.6. The average Bonchev–Trinajstić information content (AvgIpc) is 3.41. The van der Waals surface area contributed by atoms with Gasteiger partial charge < -0.3 is 14.2 Å². The molecule has 0 aromatic heterocycles. The predicted octanol–water partition coefficient (Wildman–Crippen LogP) is 22.1. The summed E-state index contributed by atoms with van der Waals surface area (Å²) in [4.78, 5) is 38.0. The molecule has 75 heavy (non-hydrogen) atoms. The Balaban J connectivity index is 4.13. The van der Waals surface area contributed by atoms with Crippen LogP contribution in [0.1, 0.15) is 329 Å². The fourth-order valence-corrected chi connectivity index (χ4v) is 9.41. The van der Waals surface area contributed by atoms with Gasteiger partial charge in [0.1, 0.15) is 13.2 Å². The van der Waals surface area contributed by atoms with Crippen molar-refractivity contribution in [3.05, 3.63) is 72.9 Å². The van der Waals surface area contributed by atoms with E-state index < -0.39 is 6.10 Å². The molecule has 6 heteroatoms. The molecule has 0 aromatic rings. The van der Waals surface area contributed by atoms with Crippen molar-refractivity contribution in [1.29, 1.82) is 0 Å². The fourth-order valence-electron chi connectivity index (χ4n) is 9.41. The van der Waals surface area contributed by atoms with Gasteiger partial charge in [-0.3, -0.25) is 14.4 Å². The predicted molar refractivity (Wildman–Crippen MR) is 325 cm³/mol. The van der Waals surface area contributed by atoms with Crippen LogP contribution < -0.4 is 0 Å². The van der Waals surface area contributed by atoms with Crippen LogP contribution in [0.4, 0.5) is 0 Å². The Hall–Kier alpha value is -3.15. The molecule has 0 spiro atoms. The van der Waals surface area contributed by atoms with Gasteiger partial charge in [-0.2, -0.15) is 0 Å². The van der Waals surface area contributed by atoms with Crippen LogP contribution in [0.2, 0.25) is 0 Å². The van der Waals surface area contributed by atoms with E-state index in [0.29, 0.717) is 19.3 Å². The summed E-state index contributed by atoms with van der Waals surface area (Å²) in [5.41, 5.74) is 0. The number of ether oxygens (including phenoxy) is 3. The molecule has 0 heterocycles. The second kappa shape index (κ2) is 63.4. The van der Waals surface area contributed by atoms with Gasteiger partial charge in [-0.1, -0.05) is 325 Å². The van der Waals surface area contributed by atoms with Crippen LogP contribution >= 0.6 is 0 Å². The number of carbonyl (C=O) groups is 3. The third kappa shape index (κ3) is 61.6. The summed E-state index contributed by atoms with van der Waals surface area (Å²) in [5.74, 6) is -0.979. The highest BCUT2D eigenvalue weighted by molar-refractivity contribution is 5.71. The molecule has 6 nitrogen and oxygen atoms in total. The summed E-state index contributed by atoms with van der Waals surface area (Å²) in [6, 6.07) is 0. The van der Waals surface area contributed by atoms with Crippen molar-refractivity contribution in [2.45, 2.75) is 335 Å². The fraction of sp³-hybridized carbons (Fsp3) is 0.783. The second-order valence-electron chi connectivity index (χ2n) is 21.7. The third-order valence-corrected chi connectivity index (χ3v) is 14.2. The Morgan fingerprint density at radius 3 is 0.787 bits per heavy atom. The molecule has 1 unspecified atom stereocenters. The third-order valence-electron chi connectivity index (χ3n) is 14.2. The van der Waals surface area contributed by atoms with Crippen molar-refractivity contribution in [2.24, 2.45) is 0 Å². The SMILES string of the molecule is CC/C=C\C/C=C\C/C=C\C/C=C\C/C=C\C/C=C\CCC(=O)OC(COC(=O)CCCCCCCCCC)COC(=O)CCCCCCCCCCCCCCCCCCCCCCCCCCCCCCCC. The molecular formula is C69H122O6. The van der Waals surface area contributed by atoms with Crippen molar-refractivity contribution in [3.63, 3.8) is 0 Å². The molecule has 0 amide bonds. The second-order valence-corrected chi connectivity index (χ2v) is 21.7. The molecule has 0 aliphatic rings. The molecule has 0 N–H and O–H groups in total. The molecule has 0 fully saturated rings. The maximum absolute atomic E-state index is 12.8. The van der Waals surface area contributed by atoms with Gasteiger partial charge in [-0.25, -0.2) is 0 Å². The normalized spacial score (nSPS) is 12.5. The first kappa shape index (κ1) is 71.8. The van der Waals surface area contributed by atoms with Crippen molar-refractivity contribution in [3.8, 4) is 0 Å². The summed E-state index contributed by atoms with van der Waals surface area (Å²) in [6.07, 6.45) is 82.5. The summed E-state index contributed by atoms with van der Waals surface area (Å²) in [5, 5.41) is 0. The van der Waals surface area contributed by atoms with Crippen LogP contribution in [0.15, 0.2) is 72.9 Å². The van der Waals surface area contributed by atoms with Gasteiger partial charge >= 0.3 is 17.9 Å². The lowest BCUT2D eigenvalue weighted by molar-refractivity contribution is -0.166. The minimum atomic E-state index is -0.812. The first-order valence-corrected chi connectivity index (χ1v) is 32.4. The van der Waals surface area contributed by atoms with Gasteiger partial charge in [0, 0.05) is 19.3 Å². The first-order valence-electron chi connectivity index (χ1n) is 32.4. The highest BCUT2D eigenvalue weighted by Gasteiger charge is 2.19. The Kier molecular flexibility index (Phi) is 60.7. The van der Waals surface area contributed by atoms with E-state index >= 15 is 0 Å². The van der Waals surface area contributed by atoms with Gasteiger partial charge in [0.25, 0.3) is 0 Å². The Labute approximate surface area is 465 Å². The van der Waals surface area contributed by atoms with Crippen LogP contribution in [-0.2, 0) is 28.6 Å². The zero-order valence-electron chi connectivity index (χ0n) is 49.8. The maximum atomic E-state index is 12.8. The number of rotatable bonds is 59. The molecule has 0 aliphatic heterocycles. The van der Waals surface area contributed by atoms with E-state index in [1.54, 1.807) is 0 Å². The molecule has 0 aliphatic carbocycles. The van der Waals surface area contributed by atoms with Crippen LogP contribution in [0, 0.1) is 0 Å². The van der Waals surface area contributed by atoms with Gasteiger partial charge in [0.2, 0.25) is 0 Å². The van der Waals surface area contributed by atoms with E-state index in [0.717, 1.165) is 77.0 Å². The standard InChI is InChI=1S/C69H122O6/c1-4-7-10-13-16-19-21-23-25-27-29-30-31-32-33-34-35-36-37-38-39-41-42-44-46-48-50-53-56-59-62-68(71)74-65-66(64-73-67(70)61-58-55-52-18-15-12-9-6-3)75-69(72)63-60-57-54-51-49-47-45-43-40-28-26-24-22-20-17-14-11-8-5-2/h8,11,17,20,24,26,40,43,47,49,54,57,66H,4-7,9-10,12-16,18-19,21-23,25,27-39,41-42,44-46,48,50-53,55-56,58-65H2,1-3H3/b11-8-,20-17-,26-24-,43-40-,49-47-,57-54-. The highest BCUT2D eigenvalue weighted by Crippen LogP contribution is 2.18. The quantitative estimate of drug-likeness (QED) is 0.0261. The molecule has 1 atom stereocenters. The Morgan fingerprint density at radius 1 is 0.280 bits per heavy atom. The van der Waals surface area contributed by atoms with Crippen molar-refractivity contribution in [2.75, 3.05) is 13.2 Å². The lowest BCUT2D eigenvalue weighted by Gasteiger charge is -2.18. The zero-order valence-corrected chi connectivity index (χ0v) is 49.8. The summed E-state index contributed by atoms with van der Waals surface area (Å²) >= 11 is 0. The average molecular weight is 1050 g/mol. The van der Waals surface area contributed by atoms with E-state index in [2.05, 4.69) is 87.6 Å². The van der Waals surface area contributed by atoms with E-state index in [9.17, 15) is 14.4 Å². The van der Waals surface area contributed by atoms with E-state index in [1.165, 1.54) is 205 Å². The van der Waals surface area contributed by atoms with Gasteiger partial charge in [-0.15, -0.1) is 0 Å². The lowest BCUT2D eigenvalue weighted by atomic mass is 10.0. The molecular weight excluding hydrogens is 925 g/mol. The van der Waals surface area contributed by atoms with Gasteiger partial charge in [-0.05, 0) is 57.8 Å². The number of hydrogen-bond acceptors (Lipinski definition) is 6. The van der Waals surface area contributed by atoms with Crippen molar-refractivity contribution >= 4 is 17.9 Å². The number of esters is 3. The largest absolute Gasteiger partial charge is 0.462 e. The maximum Gasteiger partial charge on any atom is 0.306 e. The molecule has 0 bridgehead atoms. The monoisotopic (exact) mass is 1050 g/mol. The van der Waals surface area contributed by atoms with Gasteiger partial charge in [0.05, 0.1) is 0 Å². The molecule has 0 rings (SSSR count). The Bertz CT molecular complexity index is 1390. The lowest BCUT2D eigenvalue weighted by Crippen LogP contribution is -2.30. The molecule has 434 valence electrons. The topological polar surface area (TPSA) is 78.9 Å². The van der Waals surface area contributed by atoms with Crippen LogP contribution in [0.3, 0.4) is 0 Å². The minimum absolute atomic E-state index is 0.102. The molecule has 0 saturated carbocycles.